The smallest absolute Gasteiger partial charge is 0.162 e. The quantitative estimate of drug-likeness (QED) is 0.780. The fourth-order valence-corrected chi connectivity index (χ4v) is 1.06. The van der Waals surface area contributed by atoms with Gasteiger partial charge in [-0.2, -0.15) is 0 Å². The number of carbonyl (C=O) groups is 1. The van der Waals surface area contributed by atoms with E-state index >= 15 is 0 Å². The van der Waals surface area contributed by atoms with E-state index in [2.05, 4.69) is 0 Å². The zero-order valence-corrected chi connectivity index (χ0v) is 14.5. The van der Waals surface area contributed by atoms with Crippen molar-refractivity contribution < 1.29 is 4.79 Å². The lowest BCUT2D eigenvalue weighted by Crippen LogP contribution is -2.26. The Bertz CT molecular complexity index is 345. The van der Waals surface area contributed by atoms with Crippen LogP contribution in [0.3, 0.4) is 0 Å². The molecular weight excluding hydrogens is 337 g/mol. The van der Waals surface area contributed by atoms with Crippen molar-refractivity contribution in [3.63, 3.8) is 0 Å². The van der Waals surface area contributed by atoms with E-state index in [1.54, 1.807) is 24.3 Å². The molecule has 106 valence electrons. The van der Waals surface area contributed by atoms with Gasteiger partial charge in [-0.25, -0.2) is 0 Å². The van der Waals surface area contributed by atoms with Crippen LogP contribution >= 0.6 is 41.0 Å². The molecule has 0 aliphatic rings. The van der Waals surface area contributed by atoms with Gasteiger partial charge >= 0.3 is 0 Å². The summed E-state index contributed by atoms with van der Waals surface area (Å²) < 4.78 is 0. The minimum absolute atomic E-state index is 0. The molecule has 0 aliphatic carbocycles. The molecular formula is C13H22BrCl2NO. The van der Waals surface area contributed by atoms with Crippen molar-refractivity contribution >= 4 is 46.8 Å². The Morgan fingerprint density at radius 2 is 1.78 bits per heavy atom. The summed E-state index contributed by atoms with van der Waals surface area (Å²) >= 11 is 5.69. The van der Waals surface area contributed by atoms with Gasteiger partial charge in [0, 0.05) is 22.5 Å². The molecule has 0 amide bonds. The molecule has 0 atom stereocenters. The second-order valence-electron chi connectivity index (χ2n) is 4.65. The Balaban J connectivity index is -0.000000282. The molecule has 1 aromatic carbocycles. The molecule has 5 heteroatoms. The van der Waals surface area contributed by atoms with Crippen molar-refractivity contribution in [1.29, 1.82) is 0 Å². The van der Waals surface area contributed by atoms with E-state index in [1.807, 2.05) is 27.7 Å². The van der Waals surface area contributed by atoms with E-state index in [0.29, 0.717) is 17.0 Å². The largest absolute Gasteiger partial charge is 0.326 e. The summed E-state index contributed by atoms with van der Waals surface area (Å²) in [7, 11) is 0. The van der Waals surface area contributed by atoms with Crippen molar-refractivity contribution in [2.24, 2.45) is 5.73 Å². The molecule has 0 saturated carbocycles. The van der Waals surface area contributed by atoms with Gasteiger partial charge in [0.1, 0.15) is 0 Å². The maximum atomic E-state index is 11.1. The minimum Gasteiger partial charge on any atom is -0.326 e. The van der Waals surface area contributed by atoms with Gasteiger partial charge in [-0.3, -0.25) is 4.79 Å². The predicted octanol–water partition coefficient (Wildman–Crippen LogP) is 4.68. The third-order valence-corrected chi connectivity index (χ3v) is 1.70. The Kier molecular flexibility index (Phi) is 13.8. The zero-order valence-electron chi connectivity index (χ0n) is 11.2. The molecule has 0 bridgehead atoms. The van der Waals surface area contributed by atoms with Gasteiger partial charge in [-0.1, -0.05) is 30.7 Å². The first-order chi connectivity index (χ1) is 7.24. The summed E-state index contributed by atoms with van der Waals surface area (Å²) in [6, 6.07) is 7.00. The van der Waals surface area contributed by atoms with E-state index in [1.165, 1.54) is 0 Å². The molecule has 1 rings (SSSR count). The monoisotopic (exact) mass is 357 g/mol. The van der Waals surface area contributed by atoms with E-state index in [9.17, 15) is 4.79 Å². The highest BCUT2D eigenvalue weighted by molar-refractivity contribution is 8.93. The standard InChI is InChI=1S/C9H9ClO.C4H11N.BrH.ClH/c1-2-9(11)7-4-3-5-8(10)6-7;1-4(2,3)5;;/h3-6H,2H2,1H3;5H2,1-3H3;2*1H. The molecule has 0 radical (unpaired) electrons. The van der Waals surface area contributed by atoms with Gasteiger partial charge in [0.25, 0.3) is 0 Å². The van der Waals surface area contributed by atoms with Crippen molar-refractivity contribution in [3.05, 3.63) is 34.9 Å². The molecule has 0 spiro atoms. The van der Waals surface area contributed by atoms with Crippen LogP contribution in [0.1, 0.15) is 44.5 Å². The molecule has 0 unspecified atom stereocenters. The maximum absolute atomic E-state index is 11.1. The number of halogens is 3. The zero-order chi connectivity index (χ0) is 12.8. The Morgan fingerprint density at radius 1 is 1.33 bits per heavy atom. The molecule has 2 N–H and O–H groups in total. The van der Waals surface area contributed by atoms with Gasteiger partial charge in [0.05, 0.1) is 0 Å². The molecule has 0 heterocycles. The molecule has 18 heavy (non-hydrogen) atoms. The Morgan fingerprint density at radius 3 is 2.11 bits per heavy atom. The van der Waals surface area contributed by atoms with Gasteiger partial charge < -0.3 is 5.73 Å². The number of hydrogen-bond donors (Lipinski definition) is 1. The van der Waals surface area contributed by atoms with Crippen LogP contribution in [0.5, 0.6) is 0 Å². The normalized spacial score (nSPS) is 9.22. The lowest BCUT2D eigenvalue weighted by atomic mass is 10.1. The summed E-state index contributed by atoms with van der Waals surface area (Å²) in [5.74, 6) is 0.132. The molecule has 0 aliphatic heterocycles. The highest BCUT2D eigenvalue weighted by Crippen LogP contribution is 2.11. The number of ketones is 1. The Labute approximate surface area is 131 Å². The summed E-state index contributed by atoms with van der Waals surface area (Å²) in [4.78, 5) is 11.1. The van der Waals surface area contributed by atoms with Gasteiger partial charge in [-0.05, 0) is 32.9 Å². The SMILES string of the molecule is Br.CC(C)(C)N.CCC(=O)c1cccc(Cl)c1.Cl. The number of carbonyl (C=O) groups excluding carboxylic acids is 1. The fraction of sp³-hybridized carbons (Fsp3) is 0.462. The first-order valence-electron chi connectivity index (χ1n) is 5.31. The summed E-state index contributed by atoms with van der Waals surface area (Å²) in [5.41, 5.74) is 6.05. The first-order valence-corrected chi connectivity index (χ1v) is 5.69. The van der Waals surface area contributed by atoms with Crippen LogP contribution in [0.4, 0.5) is 0 Å². The van der Waals surface area contributed by atoms with Crippen LogP contribution in [-0.4, -0.2) is 11.3 Å². The number of hydrogen-bond acceptors (Lipinski definition) is 2. The van der Waals surface area contributed by atoms with Crippen molar-refractivity contribution in [3.8, 4) is 0 Å². The van der Waals surface area contributed by atoms with E-state index in [4.69, 9.17) is 17.3 Å². The number of benzene rings is 1. The highest BCUT2D eigenvalue weighted by Gasteiger charge is 2.01. The summed E-state index contributed by atoms with van der Waals surface area (Å²) in [6.45, 7) is 7.73. The van der Waals surface area contributed by atoms with Crippen LogP contribution in [0.15, 0.2) is 24.3 Å². The average Bonchev–Trinajstić information content (AvgIpc) is 2.14. The minimum atomic E-state index is 0. The van der Waals surface area contributed by atoms with E-state index < -0.39 is 0 Å². The fourth-order valence-electron chi connectivity index (χ4n) is 0.866. The summed E-state index contributed by atoms with van der Waals surface area (Å²) in [6.07, 6.45) is 0.528. The second kappa shape index (κ2) is 10.8. The summed E-state index contributed by atoms with van der Waals surface area (Å²) in [5, 5.41) is 0.615. The molecule has 0 fully saturated rings. The number of Topliss-reactive ketones (excluding diaryl/α,β-unsaturated/α-hetero) is 1. The van der Waals surface area contributed by atoms with E-state index in [0.717, 1.165) is 0 Å². The van der Waals surface area contributed by atoms with Crippen LogP contribution in [0, 0.1) is 0 Å². The van der Waals surface area contributed by atoms with Gasteiger partial charge in [-0.15, -0.1) is 29.4 Å². The van der Waals surface area contributed by atoms with E-state index in [-0.39, 0.29) is 40.7 Å². The van der Waals surface area contributed by atoms with Crippen LogP contribution in [0.2, 0.25) is 5.02 Å². The lowest BCUT2D eigenvalue weighted by Gasteiger charge is -2.06. The van der Waals surface area contributed by atoms with Crippen LogP contribution in [0.25, 0.3) is 0 Å². The van der Waals surface area contributed by atoms with Gasteiger partial charge in [0.15, 0.2) is 5.78 Å². The molecule has 2 nitrogen and oxygen atoms in total. The van der Waals surface area contributed by atoms with Crippen molar-refractivity contribution in [2.45, 2.75) is 39.7 Å². The van der Waals surface area contributed by atoms with Crippen molar-refractivity contribution in [2.75, 3.05) is 0 Å². The third-order valence-electron chi connectivity index (χ3n) is 1.47. The molecule has 1 aromatic rings. The lowest BCUT2D eigenvalue weighted by molar-refractivity contribution is 0.0988. The van der Waals surface area contributed by atoms with Crippen LogP contribution in [-0.2, 0) is 0 Å². The Hall–Kier alpha value is -0.0900. The number of rotatable bonds is 2. The maximum Gasteiger partial charge on any atom is 0.162 e. The van der Waals surface area contributed by atoms with Crippen molar-refractivity contribution in [1.82, 2.24) is 0 Å². The molecule has 0 saturated heterocycles. The predicted molar refractivity (Wildman–Crippen MR) is 87.6 cm³/mol. The second-order valence-corrected chi connectivity index (χ2v) is 5.09. The third kappa shape index (κ3) is 14.0. The molecule has 0 aromatic heterocycles. The highest BCUT2D eigenvalue weighted by atomic mass is 79.9. The average molecular weight is 359 g/mol. The topological polar surface area (TPSA) is 43.1 Å². The first kappa shape index (κ1) is 23.0. The van der Waals surface area contributed by atoms with Crippen LogP contribution < -0.4 is 5.73 Å². The van der Waals surface area contributed by atoms with Gasteiger partial charge in [0.2, 0.25) is 0 Å². The number of nitrogens with two attached hydrogens (primary N) is 1.